The number of carboxylic acid groups (broad SMARTS) is 1. The quantitative estimate of drug-likeness (QED) is 0.604. The zero-order valence-electron chi connectivity index (χ0n) is 11.0. The van der Waals surface area contributed by atoms with Crippen molar-refractivity contribution in [3.05, 3.63) is 0 Å². The molecule has 100 valence electrons. The normalized spacial score (nSPS) is 11.4. The molecule has 3 N–H and O–H groups in total. The minimum atomic E-state index is -0.947. The first-order chi connectivity index (χ1) is 7.79. The second-order valence-electron chi connectivity index (χ2n) is 4.69. The number of nitrogens with zero attached hydrogens (tertiary/aromatic N) is 1. The summed E-state index contributed by atoms with van der Waals surface area (Å²) < 4.78 is 0. The number of rotatable bonds is 7. The Morgan fingerprint density at radius 1 is 1.29 bits per heavy atom. The van der Waals surface area contributed by atoms with Gasteiger partial charge in [0.15, 0.2) is 0 Å². The van der Waals surface area contributed by atoms with Crippen molar-refractivity contribution in [3.63, 3.8) is 0 Å². The van der Waals surface area contributed by atoms with Gasteiger partial charge in [-0.15, -0.1) is 0 Å². The van der Waals surface area contributed by atoms with E-state index in [0.717, 1.165) is 13.1 Å². The van der Waals surface area contributed by atoms with Gasteiger partial charge >= 0.3 is 12.0 Å². The van der Waals surface area contributed by atoms with Crippen LogP contribution in [-0.2, 0) is 4.79 Å². The van der Waals surface area contributed by atoms with Crippen LogP contribution in [0.5, 0.6) is 0 Å². The third kappa shape index (κ3) is 6.78. The number of hydrogen-bond acceptors (Lipinski definition) is 3. The third-order valence-electron chi connectivity index (χ3n) is 2.59. The molecule has 0 aromatic heterocycles. The number of carbonyl (C=O) groups excluding carboxylic acids is 1. The molecule has 0 saturated carbocycles. The predicted molar refractivity (Wildman–Crippen MR) is 66.0 cm³/mol. The standard InChI is InChI=1S/C11H23N3O3/c1-5-14(4)7-6-12-10(17)13-8-11(2,3)9(15)16/h5-8H2,1-4H3,(H,15,16)(H2,12,13,17). The van der Waals surface area contributed by atoms with Crippen LogP contribution in [-0.4, -0.2) is 55.2 Å². The SMILES string of the molecule is CCN(C)CCNC(=O)NCC(C)(C)C(=O)O. The van der Waals surface area contributed by atoms with Crippen molar-refractivity contribution in [2.24, 2.45) is 5.41 Å². The number of amides is 2. The molecule has 17 heavy (non-hydrogen) atoms. The molecule has 6 heteroatoms. The molecule has 0 fully saturated rings. The average Bonchev–Trinajstić information content (AvgIpc) is 2.26. The van der Waals surface area contributed by atoms with Gasteiger partial charge in [0, 0.05) is 19.6 Å². The summed E-state index contributed by atoms with van der Waals surface area (Å²) in [6.07, 6.45) is 0. The second kappa shape index (κ2) is 7.11. The average molecular weight is 245 g/mol. The number of aliphatic carboxylic acids is 1. The van der Waals surface area contributed by atoms with Crippen LogP contribution in [0.15, 0.2) is 0 Å². The van der Waals surface area contributed by atoms with Crippen molar-refractivity contribution in [1.29, 1.82) is 0 Å². The van der Waals surface area contributed by atoms with Crippen molar-refractivity contribution in [2.75, 3.05) is 33.2 Å². The molecule has 6 nitrogen and oxygen atoms in total. The van der Waals surface area contributed by atoms with E-state index in [1.165, 1.54) is 0 Å². The van der Waals surface area contributed by atoms with E-state index in [1.54, 1.807) is 13.8 Å². The highest BCUT2D eigenvalue weighted by molar-refractivity contribution is 5.77. The van der Waals surface area contributed by atoms with Gasteiger partial charge in [-0.1, -0.05) is 6.92 Å². The zero-order chi connectivity index (χ0) is 13.5. The van der Waals surface area contributed by atoms with Crippen LogP contribution in [0.25, 0.3) is 0 Å². The lowest BCUT2D eigenvalue weighted by atomic mass is 9.94. The summed E-state index contributed by atoms with van der Waals surface area (Å²) in [5.41, 5.74) is -0.947. The summed E-state index contributed by atoms with van der Waals surface area (Å²) in [5, 5.41) is 14.1. The summed E-state index contributed by atoms with van der Waals surface area (Å²) in [5.74, 6) is -0.927. The van der Waals surface area contributed by atoms with Crippen LogP contribution in [0.2, 0.25) is 0 Å². The molecule has 0 aliphatic carbocycles. The van der Waals surface area contributed by atoms with Crippen LogP contribution in [0, 0.1) is 5.41 Å². The Kier molecular flexibility index (Phi) is 6.57. The van der Waals surface area contributed by atoms with E-state index in [0.29, 0.717) is 6.54 Å². The lowest BCUT2D eigenvalue weighted by Gasteiger charge is -2.20. The molecule has 0 radical (unpaired) electrons. The smallest absolute Gasteiger partial charge is 0.314 e. The minimum Gasteiger partial charge on any atom is -0.481 e. The highest BCUT2D eigenvalue weighted by Crippen LogP contribution is 2.12. The molecular weight excluding hydrogens is 222 g/mol. The highest BCUT2D eigenvalue weighted by Gasteiger charge is 2.27. The summed E-state index contributed by atoms with van der Waals surface area (Å²) in [4.78, 5) is 24.2. The summed E-state index contributed by atoms with van der Waals surface area (Å²) >= 11 is 0. The van der Waals surface area contributed by atoms with Crippen molar-refractivity contribution in [1.82, 2.24) is 15.5 Å². The molecule has 0 rings (SSSR count). The fraction of sp³-hybridized carbons (Fsp3) is 0.818. The van der Waals surface area contributed by atoms with Gasteiger partial charge in [-0.25, -0.2) is 4.79 Å². The number of nitrogens with one attached hydrogen (secondary N) is 2. The molecular formula is C11H23N3O3. The molecule has 0 bridgehead atoms. The van der Waals surface area contributed by atoms with Crippen LogP contribution in [0.3, 0.4) is 0 Å². The van der Waals surface area contributed by atoms with Crippen LogP contribution < -0.4 is 10.6 Å². The molecule has 2 amide bonds. The Balaban J connectivity index is 3.77. The van der Waals surface area contributed by atoms with Gasteiger partial charge in [0.25, 0.3) is 0 Å². The Labute approximate surface area is 102 Å². The molecule has 0 saturated heterocycles. The number of likely N-dealkylation sites (N-methyl/N-ethyl adjacent to an activating group) is 1. The van der Waals surface area contributed by atoms with Gasteiger partial charge in [0.1, 0.15) is 0 Å². The molecule has 0 unspecified atom stereocenters. The van der Waals surface area contributed by atoms with Gasteiger partial charge in [-0.3, -0.25) is 4.79 Å². The number of urea groups is 1. The molecule has 0 aromatic carbocycles. The van der Waals surface area contributed by atoms with Crippen molar-refractivity contribution in [2.45, 2.75) is 20.8 Å². The van der Waals surface area contributed by atoms with Gasteiger partial charge in [0.2, 0.25) is 0 Å². The number of carbonyl (C=O) groups is 2. The summed E-state index contributed by atoms with van der Waals surface area (Å²) in [6, 6.07) is -0.330. The first-order valence-corrected chi connectivity index (χ1v) is 5.73. The summed E-state index contributed by atoms with van der Waals surface area (Å²) in [6.45, 7) is 7.53. The van der Waals surface area contributed by atoms with E-state index >= 15 is 0 Å². The van der Waals surface area contributed by atoms with Crippen molar-refractivity contribution >= 4 is 12.0 Å². The molecule has 0 aliphatic heterocycles. The first-order valence-electron chi connectivity index (χ1n) is 5.73. The number of hydrogen-bond donors (Lipinski definition) is 3. The van der Waals surface area contributed by atoms with Crippen LogP contribution in [0.1, 0.15) is 20.8 Å². The van der Waals surface area contributed by atoms with E-state index < -0.39 is 11.4 Å². The first kappa shape index (κ1) is 15.7. The molecule has 0 atom stereocenters. The Morgan fingerprint density at radius 2 is 1.88 bits per heavy atom. The van der Waals surface area contributed by atoms with Crippen LogP contribution in [0.4, 0.5) is 4.79 Å². The monoisotopic (exact) mass is 245 g/mol. The lowest BCUT2D eigenvalue weighted by molar-refractivity contribution is -0.146. The van der Waals surface area contributed by atoms with E-state index in [4.69, 9.17) is 5.11 Å². The fourth-order valence-corrected chi connectivity index (χ4v) is 0.958. The molecule has 0 heterocycles. The highest BCUT2D eigenvalue weighted by atomic mass is 16.4. The topological polar surface area (TPSA) is 81.7 Å². The van der Waals surface area contributed by atoms with Gasteiger partial charge < -0.3 is 20.6 Å². The van der Waals surface area contributed by atoms with E-state index in [2.05, 4.69) is 15.5 Å². The third-order valence-corrected chi connectivity index (χ3v) is 2.59. The second-order valence-corrected chi connectivity index (χ2v) is 4.69. The largest absolute Gasteiger partial charge is 0.481 e. The Hall–Kier alpha value is -1.30. The van der Waals surface area contributed by atoms with Gasteiger partial charge in [0.05, 0.1) is 5.41 Å². The van der Waals surface area contributed by atoms with Crippen molar-refractivity contribution in [3.8, 4) is 0 Å². The summed E-state index contributed by atoms with van der Waals surface area (Å²) in [7, 11) is 1.97. The molecule has 0 spiro atoms. The maximum Gasteiger partial charge on any atom is 0.314 e. The fourth-order valence-electron chi connectivity index (χ4n) is 0.958. The van der Waals surface area contributed by atoms with E-state index in [-0.39, 0.29) is 12.6 Å². The van der Waals surface area contributed by atoms with Gasteiger partial charge in [-0.2, -0.15) is 0 Å². The Bertz CT molecular complexity index is 267. The van der Waals surface area contributed by atoms with E-state index in [9.17, 15) is 9.59 Å². The molecule has 0 aliphatic rings. The zero-order valence-corrected chi connectivity index (χ0v) is 11.0. The maximum absolute atomic E-state index is 11.3. The number of carboxylic acids is 1. The van der Waals surface area contributed by atoms with E-state index in [1.807, 2.05) is 14.0 Å². The van der Waals surface area contributed by atoms with Gasteiger partial charge in [-0.05, 0) is 27.4 Å². The predicted octanol–water partition coefficient (Wildman–Crippen LogP) is 0.348. The Morgan fingerprint density at radius 3 is 2.35 bits per heavy atom. The maximum atomic E-state index is 11.3. The lowest BCUT2D eigenvalue weighted by Crippen LogP contribution is -2.45. The van der Waals surface area contributed by atoms with Crippen LogP contribution >= 0.6 is 0 Å². The van der Waals surface area contributed by atoms with Crippen molar-refractivity contribution < 1.29 is 14.7 Å². The molecule has 0 aromatic rings. The minimum absolute atomic E-state index is 0.109.